The third-order valence-electron chi connectivity index (χ3n) is 2.77. The van der Waals surface area contributed by atoms with Gasteiger partial charge in [0.25, 0.3) is 5.91 Å². The molecule has 0 saturated carbocycles. The molecule has 0 saturated heterocycles. The van der Waals surface area contributed by atoms with Crippen molar-refractivity contribution in [1.29, 1.82) is 0 Å². The number of phenols is 1. The van der Waals surface area contributed by atoms with Crippen LogP contribution in [0, 0.1) is 0 Å². The highest BCUT2D eigenvalue weighted by Gasteiger charge is 2.11. The van der Waals surface area contributed by atoms with Gasteiger partial charge in [0.05, 0.1) is 18.9 Å². The van der Waals surface area contributed by atoms with Crippen LogP contribution in [-0.4, -0.2) is 39.7 Å². The number of hydrogen-bond donors (Lipinski definition) is 2. The Hall–Kier alpha value is -2.57. The maximum absolute atomic E-state index is 11.9. The molecule has 0 bridgehead atoms. The van der Waals surface area contributed by atoms with E-state index in [1.54, 1.807) is 23.1 Å². The Morgan fingerprint density at radius 3 is 3.00 bits per heavy atom. The number of aryl methyl sites for hydroxylation is 1. The molecule has 0 aliphatic rings. The van der Waals surface area contributed by atoms with E-state index >= 15 is 0 Å². The summed E-state index contributed by atoms with van der Waals surface area (Å²) in [4.78, 5) is 11.9. The van der Waals surface area contributed by atoms with Gasteiger partial charge in [-0.2, -0.15) is 0 Å². The molecule has 7 heteroatoms. The minimum Gasteiger partial charge on any atom is -0.507 e. The summed E-state index contributed by atoms with van der Waals surface area (Å²) in [5.74, 6) is 0.0899. The Kier molecular flexibility index (Phi) is 4.54. The molecule has 0 radical (unpaired) electrons. The molecular weight excluding hydrogens is 260 g/mol. The van der Waals surface area contributed by atoms with E-state index in [0.29, 0.717) is 18.8 Å². The number of amides is 1. The van der Waals surface area contributed by atoms with Crippen LogP contribution in [0.1, 0.15) is 16.8 Å². The zero-order valence-electron chi connectivity index (χ0n) is 11.1. The summed E-state index contributed by atoms with van der Waals surface area (Å²) in [5.41, 5.74) is 0.228. The first-order chi connectivity index (χ1) is 9.70. The second-order valence-corrected chi connectivity index (χ2v) is 4.16. The summed E-state index contributed by atoms with van der Waals surface area (Å²) in [7, 11) is 1.50. The van der Waals surface area contributed by atoms with Gasteiger partial charge in [-0.1, -0.05) is 5.21 Å². The zero-order valence-corrected chi connectivity index (χ0v) is 11.1. The van der Waals surface area contributed by atoms with Crippen LogP contribution in [0.5, 0.6) is 11.5 Å². The molecule has 0 aliphatic carbocycles. The van der Waals surface area contributed by atoms with E-state index in [1.165, 1.54) is 19.2 Å². The Balaban J connectivity index is 1.82. The Morgan fingerprint density at radius 1 is 1.50 bits per heavy atom. The van der Waals surface area contributed by atoms with Crippen molar-refractivity contribution >= 4 is 5.91 Å². The number of aromatic hydroxyl groups is 1. The van der Waals surface area contributed by atoms with Crippen molar-refractivity contribution in [2.75, 3.05) is 13.7 Å². The second kappa shape index (κ2) is 6.55. The molecule has 2 aromatic rings. The molecule has 1 aromatic heterocycles. The fourth-order valence-electron chi connectivity index (χ4n) is 1.72. The summed E-state index contributed by atoms with van der Waals surface area (Å²) < 4.78 is 6.65. The number of methoxy groups -OCH3 is 1. The van der Waals surface area contributed by atoms with Crippen molar-refractivity contribution in [3.63, 3.8) is 0 Å². The lowest BCUT2D eigenvalue weighted by Gasteiger charge is -2.08. The van der Waals surface area contributed by atoms with Crippen molar-refractivity contribution in [3.8, 4) is 11.5 Å². The quantitative estimate of drug-likeness (QED) is 0.762. The molecular formula is C13H16N4O3. The smallest absolute Gasteiger partial charge is 0.255 e. The van der Waals surface area contributed by atoms with Gasteiger partial charge in [0.1, 0.15) is 11.5 Å². The van der Waals surface area contributed by atoms with Crippen molar-refractivity contribution in [1.82, 2.24) is 20.3 Å². The largest absolute Gasteiger partial charge is 0.507 e. The van der Waals surface area contributed by atoms with Gasteiger partial charge < -0.3 is 15.2 Å². The Bertz CT molecular complexity index is 569. The molecule has 20 heavy (non-hydrogen) atoms. The van der Waals surface area contributed by atoms with Crippen molar-refractivity contribution < 1.29 is 14.6 Å². The van der Waals surface area contributed by atoms with Gasteiger partial charge in [-0.15, -0.1) is 5.10 Å². The fraction of sp³-hybridized carbons (Fsp3) is 0.308. The van der Waals surface area contributed by atoms with Crippen LogP contribution in [0.2, 0.25) is 0 Å². The summed E-state index contributed by atoms with van der Waals surface area (Å²) in [6.07, 6.45) is 4.09. The van der Waals surface area contributed by atoms with E-state index in [0.717, 1.165) is 6.42 Å². The summed E-state index contributed by atoms with van der Waals surface area (Å²) >= 11 is 0. The average Bonchev–Trinajstić information content (AvgIpc) is 2.96. The topological polar surface area (TPSA) is 89.3 Å². The maximum Gasteiger partial charge on any atom is 0.255 e. The average molecular weight is 276 g/mol. The molecule has 1 heterocycles. The molecule has 0 spiro atoms. The first kappa shape index (κ1) is 13.9. The molecule has 0 unspecified atom stereocenters. The van der Waals surface area contributed by atoms with Gasteiger partial charge >= 0.3 is 0 Å². The highest BCUT2D eigenvalue weighted by Crippen LogP contribution is 2.23. The molecule has 0 aliphatic heterocycles. The number of carbonyl (C=O) groups excluding carboxylic acids is 1. The number of benzene rings is 1. The lowest BCUT2D eigenvalue weighted by molar-refractivity contribution is 0.0950. The lowest BCUT2D eigenvalue weighted by Crippen LogP contribution is -2.25. The zero-order chi connectivity index (χ0) is 14.4. The van der Waals surface area contributed by atoms with Crippen LogP contribution in [0.25, 0.3) is 0 Å². The van der Waals surface area contributed by atoms with E-state index in [4.69, 9.17) is 4.74 Å². The summed E-state index contributed by atoms with van der Waals surface area (Å²) in [5, 5.41) is 20.0. The number of nitrogens with one attached hydrogen (secondary N) is 1. The van der Waals surface area contributed by atoms with Crippen LogP contribution >= 0.6 is 0 Å². The van der Waals surface area contributed by atoms with Crippen LogP contribution in [0.15, 0.2) is 30.6 Å². The first-order valence-corrected chi connectivity index (χ1v) is 6.20. The summed E-state index contributed by atoms with van der Waals surface area (Å²) in [6, 6.07) is 4.56. The van der Waals surface area contributed by atoms with Gasteiger partial charge in [-0.25, -0.2) is 0 Å². The lowest BCUT2D eigenvalue weighted by atomic mass is 10.2. The molecule has 2 rings (SSSR count). The van der Waals surface area contributed by atoms with E-state index in [-0.39, 0.29) is 17.2 Å². The van der Waals surface area contributed by atoms with Crippen LogP contribution < -0.4 is 10.1 Å². The Labute approximate surface area is 116 Å². The monoisotopic (exact) mass is 276 g/mol. The minimum atomic E-state index is -0.316. The first-order valence-electron chi connectivity index (χ1n) is 6.20. The number of phenolic OH excluding ortho intramolecular Hbond substituents is 1. The van der Waals surface area contributed by atoms with Crippen molar-refractivity contribution in [3.05, 3.63) is 36.2 Å². The number of hydrogen-bond acceptors (Lipinski definition) is 5. The van der Waals surface area contributed by atoms with Gasteiger partial charge in [0, 0.05) is 25.4 Å². The molecule has 2 N–H and O–H groups in total. The molecule has 1 aromatic carbocycles. The predicted molar refractivity (Wildman–Crippen MR) is 71.6 cm³/mol. The molecule has 7 nitrogen and oxygen atoms in total. The fourth-order valence-corrected chi connectivity index (χ4v) is 1.72. The van der Waals surface area contributed by atoms with E-state index in [1.807, 2.05) is 0 Å². The molecule has 1 amide bonds. The number of nitrogens with zero attached hydrogens (tertiary/aromatic N) is 3. The minimum absolute atomic E-state index is 0.0990. The third-order valence-corrected chi connectivity index (χ3v) is 2.77. The second-order valence-electron chi connectivity index (χ2n) is 4.16. The van der Waals surface area contributed by atoms with Gasteiger partial charge in [-0.3, -0.25) is 9.48 Å². The van der Waals surface area contributed by atoms with E-state index < -0.39 is 0 Å². The van der Waals surface area contributed by atoms with Crippen LogP contribution in [0.4, 0.5) is 0 Å². The summed E-state index contributed by atoms with van der Waals surface area (Å²) in [6.45, 7) is 1.17. The predicted octanol–water partition coefficient (Wildman–Crippen LogP) is 0.812. The highest BCUT2D eigenvalue weighted by molar-refractivity contribution is 5.96. The van der Waals surface area contributed by atoms with Gasteiger partial charge in [-0.05, 0) is 18.6 Å². The highest BCUT2D eigenvalue weighted by atomic mass is 16.5. The van der Waals surface area contributed by atoms with E-state index in [9.17, 15) is 9.90 Å². The SMILES string of the molecule is COc1ccc(C(=O)NCCCn2ccnn2)c(O)c1. The van der Waals surface area contributed by atoms with Crippen LogP contribution in [0.3, 0.4) is 0 Å². The van der Waals surface area contributed by atoms with Crippen LogP contribution in [-0.2, 0) is 6.54 Å². The van der Waals surface area contributed by atoms with Crippen molar-refractivity contribution in [2.24, 2.45) is 0 Å². The number of rotatable bonds is 6. The Morgan fingerprint density at radius 2 is 2.35 bits per heavy atom. The van der Waals surface area contributed by atoms with Gasteiger partial charge in [0.2, 0.25) is 0 Å². The third kappa shape index (κ3) is 3.47. The maximum atomic E-state index is 11.9. The van der Waals surface area contributed by atoms with Crippen molar-refractivity contribution in [2.45, 2.75) is 13.0 Å². The number of carbonyl (C=O) groups is 1. The standard InChI is InChI=1S/C13H16N4O3/c1-20-10-3-4-11(12(18)9-10)13(19)14-5-2-7-17-8-6-15-16-17/h3-4,6,8-9,18H,2,5,7H2,1H3,(H,14,19). The molecule has 0 fully saturated rings. The molecule has 0 atom stereocenters. The normalized spacial score (nSPS) is 10.2. The molecule has 106 valence electrons. The van der Waals surface area contributed by atoms with E-state index in [2.05, 4.69) is 15.6 Å². The number of ether oxygens (including phenoxy) is 1. The number of aromatic nitrogens is 3. The van der Waals surface area contributed by atoms with Gasteiger partial charge in [0.15, 0.2) is 0 Å².